The van der Waals surface area contributed by atoms with Crippen LogP contribution in [0.15, 0.2) is 18.2 Å². The second-order valence-electron chi connectivity index (χ2n) is 3.25. The molecule has 1 aromatic rings. The average Bonchev–Trinajstić information content (AvgIpc) is 2.19. The van der Waals surface area contributed by atoms with Crippen molar-refractivity contribution in [3.8, 4) is 0 Å². The van der Waals surface area contributed by atoms with Gasteiger partial charge >= 0.3 is 0 Å². The van der Waals surface area contributed by atoms with Crippen LogP contribution in [0.4, 0.5) is 4.39 Å². The largest absolute Gasteiger partial charge is 0.392 e. The fraction of sp³-hybridized carbons (Fsp3) is 0.455. The van der Waals surface area contributed by atoms with Crippen LogP contribution in [-0.2, 0) is 6.42 Å². The lowest BCUT2D eigenvalue weighted by molar-refractivity contribution is 0.200. The smallest absolute Gasteiger partial charge is 0.124 e. The van der Waals surface area contributed by atoms with E-state index in [1.54, 1.807) is 17.8 Å². The summed E-state index contributed by atoms with van der Waals surface area (Å²) in [4.78, 5) is 0. The average molecular weight is 249 g/mol. The van der Waals surface area contributed by atoms with Crippen molar-refractivity contribution in [1.29, 1.82) is 0 Å². The number of thioether (sulfide) groups is 1. The third kappa shape index (κ3) is 4.41. The first-order chi connectivity index (χ1) is 7.13. The van der Waals surface area contributed by atoms with Gasteiger partial charge in [0.1, 0.15) is 5.82 Å². The summed E-state index contributed by atoms with van der Waals surface area (Å²) in [6, 6.07) is 4.26. The summed E-state index contributed by atoms with van der Waals surface area (Å²) in [5, 5.41) is 10.0. The molecule has 1 N–H and O–H groups in total. The quantitative estimate of drug-likeness (QED) is 0.864. The molecule has 0 spiro atoms. The number of hydrogen-bond donors (Lipinski definition) is 1. The Bertz CT molecular complexity index is 319. The summed E-state index contributed by atoms with van der Waals surface area (Å²) in [7, 11) is 0. The molecule has 0 aromatic heterocycles. The second kappa shape index (κ2) is 6.36. The summed E-state index contributed by atoms with van der Waals surface area (Å²) < 4.78 is 12.7. The fourth-order valence-electron chi connectivity index (χ4n) is 1.25. The Balaban J connectivity index is 2.56. The Morgan fingerprint density at radius 1 is 1.53 bits per heavy atom. The third-order valence-corrected chi connectivity index (χ3v) is 3.37. The van der Waals surface area contributed by atoms with Crippen LogP contribution in [0.5, 0.6) is 0 Å². The van der Waals surface area contributed by atoms with Crippen molar-refractivity contribution in [3.63, 3.8) is 0 Å². The summed E-state index contributed by atoms with van der Waals surface area (Å²) >= 11 is 7.53. The van der Waals surface area contributed by atoms with E-state index in [0.717, 1.165) is 11.3 Å². The van der Waals surface area contributed by atoms with E-state index in [-0.39, 0.29) is 5.82 Å². The molecule has 0 heterocycles. The number of aliphatic hydroxyl groups is 1. The highest BCUT2D eigenvalue weighted by Crippen LogP contribution is 2.19. The monoisotopic (exact) mass is 248 g/mol. The van der Waals surface area contributed by atoms with Crippen molar-refractivity contribution in [2.45, 2.75) is 19.4 Å². The molecule has 84 valence electrons. The van der Waals surface area contributed by atoms with Gasteiger partial charge in [0.05, 0.1) is 6.10 Å². The van der Waals surface area contributed by atoms with Crippen molar-refractivity contribution in [1.82, 2.24) is 0 Å². The summed E-state index contributed by atoms with van der Waals surface area (Å²) in [5.41, 5.74) is 0.794. The Morgan fingerprint density at radius 2 is 2.27 bits per heavy atom. The van der Waals surface area contributed by atoms with Crippen molar-refractivity contribution in [2.75, 3.05) is 11.5 Å². The van der Waals surface area contributed by atoms with Gasteiger partial charge in [0.2, 0.25) is 0 Å². The third-order valence-electron chi connectivity index (χ3n) is 1.99. The maximum Gasteiger partial charge on any atom is 0.124 e. The van der Waals surface area contributed by atoms with Crippen molar-refractivity contribution in [2.24, 2.45) is 0 Å². The minimum absolute atomic E-state index is 0.346. The van der Waals surface area contributed by atoms with Gasteiger partial charge < -0.3 is 5.11 Å². The molecule has 0 saturated heterocycles. The zero-order valence-corrected chi connectivity index (χ0v) is 10.1. The molecule has 0 bridgehead atoms. The summed E-state index contributed by atoms with van der Waals surface area (Å²) in [6.07, 6.45) is 0.0597. The van der Waals surface area contributed by atoms with Gasteiger partial charge in [0.25, 0.3) is 0 Å². The highest BCUT2D eigenvalue weighted by Gasteiger charge is 2.08. The Kier molecular flexibility index (Phi) is 5.43. The molecule has 4 heteroatoms. The molecular weight excluding hydrogens is 235 g/mol. The molecule has 1 rings (SSSR count). The molecule has 0 fully saturated rings. The van der Waals surface area contributed by atoms with E-state index in [1.807, 2.05) is 6.92 Å². The molecule has 0 radical (unpaired) electrons. The van der Waals surface area contributed by atoms with E-state index in [1.165, 1.54) is 12.1 Å². The molecule has 1 aromatic carbocycles. The summed E-state index contributed by atoms with van der Waals surface area (Å²) in [6.45, 7) is 2.04. The van der Waals surface area contributed by atoms with Gasteiger partial charge in [-0.1, -0.05) is 24.6 Å². The Labute approximate surface area is 98.6 Å². The van der Waals surface area contributed by atoms with Crippen LogP contribution in [0.2, 0.25) is 5.02 Å². The molecule has 15 heavy (non-hydrogen) atoms. The van der Waals surface area contributed by atoms with Crippen LogP contribution in [0.25, 0.3) is 0 Å². The predicted molar refractivity (Wildman–Crippen MR) is 64.1 cm³/mol. The lowest BCUT2D eigenvalue weighted by Gasteiger charge is -2.10. The predicted octanol–water partition coefficient (Wildman–Crippen LogP) is 3.14. The number of halogens is 2. The lowest BCUT2D eigenvalue weighted by Crippen LogP contribution is -2.14. The summed E-state index contributed by atoms with van der Waals surface area (Å²) in [5.74, 6) is 1.32. The Morgan fingerprint density at radius 3 is 2.87 bits per heavy atom. The zero-order valence-electron chi connectivity index (χ0n) is 8.54. The molecule has 1 atom stereocenters. The number of benzene rings is 1. The molecule has 0 aliphatic heterocycles. The van der Waals surface area contributed by atoms with Gasteiger partial charge in [-0.05, 0) is 23.4 Å². The van der Waals surface area contributed by atoms with Crippen LogP contribution in [-0.4, -0.2) is 22.7 Å². The van der Waals surface area contributed by atoms with Crippen molar-refractivity contribution in [3.05, 3.63) is 34.6 Å². The lowest BCUT2D eigenvalue weighted by atomic mass is 10.1. The van der Waals surface area contributed by atoms with Crippen LogP contribution in [0.3, 0.4) is 0 Å². The maximum absolute atomic E-state index is 12.7. The zero-order chi connectivity index (χ0) is 11.3. The highest BCUT2D eigenvalue weighted by molar-refractivity contribution is 7.99. The van der Waals surface area contributed by atoms with E-state index >= 15 is 0 Å². The second-order valence-corrected chi connectivity index (χ2v) is 4.98. The van der Waals surface area contributed by atoms with Gasteiger partial charge in [-0.15, -0.1) is 0 Å². The van der Waals surface area contributed by atoms with Gasteiger partial charge in [-0.2, -0.15) is 11.8 Å². The first-order valence-corrected chi connectivity index (χ1v) is 6.36. The van der Waals surface area contributed by atoms with Gasteiger partial charge in [-0.3, -0.25) is 0 Å². The standard InChI is InChI=1S/C11H14ClFOS/c1-2-15-7-10(14)5-8-3-4-9(13)6-11(8)12/h3-4,6,10,14H,2,5,7H2,1H3. The fourth-order valence-corrected chi connectivity index (χ4v) is 2.12. The normalized spacial score (nSPS) is 12.8. The van der Waals surface area contributed by atoms with Gasteiger partial charge in [0.15, 0.2) is 0 Å². The van der Waals surface area contributed by atoms with Gasteiger partial charge in [-0.25, -0.2) is 4.39 Å². The van der Waals surface area contributed by atoms with E-state index in [4.69, 9.17) is 11.6 Å². The molecule has 0 amide bonds. The van der Waals surface area contributed by atoms with Crippen LogP contribution >= 0.6 is 23.4 Å². The molecule has 0 saturated carbocycles. The molecule has 0 aliphatic carbocycles. The van der Waals surface area contributed by atoms with Crippen LogP contribution in [0, 0.1) is 5.82 Å². The molecule has 1 nitrogen and oxygen atoms in total. The maximum atomic E-state index is 12.7. The SMILES string of the molecule is CCSCC(O)Cc1ccc(F)cc1Cl. The number of aliphatic hydroxyl groups excluding tert-OH is 1. The van der Waals surface area contributed by atoms with Crippen LogP contribution < -0.4 is 0 Å². The number of hydrogen-bond acceptors (Lipinski definition) is 2. The van der Waals surface area contributed by atoms with E-state index in [2.05, 4.69) is 0 Å². The molecule has 0 aliphatic rings. The minimum atomic E-state index is -0.419. The number of rotatable bonds is 5. The highest BCUT2D eigenvalue weighted by atomic mass is 35.5. The molecular formula is C11H14ClFOS. The van der Waals surface area contributed by atoms with E-state index < -0.39 is 6.10 Å². The molecule has 1 unspecified atom stereocenters. The first kappa shape index (κ1) is 12.8. The van der Waals surface area contributed by atoms with Gasteiger partial charge in [0, 0.05) is 17.2 Å². The van der Waals surface area contributed by atoms with Crippen LogP contribution in [0.1, 0.15) is 12.5 Å². The van der Waals surface area contributed by atoms with E-state index in [0.29, 0.717) is 17.2 Å². The van der Waals surface area contributed by atoms with Crippen molar-refractivity contribution < 1.29 is 9.50 Å². The van der Waals surface area contributed by atoms with E-state index in [9.17, 15) is 9.50 Å². The van der Waals surface area contributed by atoms with Crippen molar-refractivity contribution >= 4 is 23.4 Å². The Hall–Kier alpha value is -0.250. The first-order valence-electron chi connectivity index (χ1n) is 4.83. The topological polar surface area (TPSA) is 20.2 Å². The minimum Gasteiger partial charge on any atom is -0.392 e.